The Morgan fingerprint density at radius 1 is 0.897 bits per heavy atom. The largest absolute Gasteiger partial charge is 0.469 e. The number of ether oxygens (including phenoxy) is 1. The highest BCUT2D eigenvalue weighted by atomic mass is 16.5. The molecule has 1 N–H and O–H groups in total. The van der Waals surface area contributed by atoms with Gasteiger partial charge in [0.15, 0.2) is 0 Å². The number of methoxy groups -OCH3 is 1. The third-order valence-electron chi connectivity index (χ3n) is 6.26. The van der Waals surface area contributed by atoms with E-state index in [4.69, 9.17) is 4.74 Å². The van der Waals surface area contributed by atoms with E-state index in [1.807, 2.05) is 60.7 Å². The lowest BCUT2D eigenvalue weighted by molar-refractivity contribution is -0.155. The van der Waals surface area contributed by atoms with Gasteiger partial charge in [0.25, 0.3) is 0 Å². The van der Waals surface area contributed by atoms with Gasteiger partial charge in [0, 0.05) is 5.92 Å². The molecule has 3 aromatic carbocycles. The Balaban J connectivity index is 1.90. The molecule has 1 aliphatic carbocycles. The van der Waals surface area contributed by atoms with Crippen LogP contribution in [0, 0.1) is 12.8 Å². The van der Waals surface area contributed by atoms with Crippen LogP contribution in [0.4, 0.5) is 0 Å². The zero-order valence-corrected chi connectivity index (χ0v) is 16.8. The zero-order valence-electron chi connectivity index (χ0n) is 16.8. The SMILES string of the molecule is COC(=O)[C@H]1[C@H](c2ccccc2)[C@@H](c2ccc(C)cc2)C[C@@]1(O)c1ccccc1. The van der Waals surface area contributed by atoms with E-state index >= 15 is 0 Å². The van der Waals surface area contributed by atoms with Crippen LogP contribution in [0.2, 0.25) is 0 Å². The quantitative estimate of drug-likeness (QED) is 0.646. The number of aliphatic hydroxyl groups is 1. The monoisotopic (exact) mass is 386 g/mol. The van der Waals surface area contributed by atoms with Crippen LogP contribution in [-0.4, -0.2) is 18.2 Å². The van der Waals surface area contributed by atoms with Crippen molar-refractivity contribution < 1.29 is 14.6 Å². The average molecular weight is 386 g/mol. The van der Waals surface area contributed by atoms with Gasteiger partial charge in [-0.25, -0.2) is 0 Å². The number of benzene rings is 3. The van der Waals surface area contributed by atoms with Crippen molar-refractivity contribution in [1.29, 1.82) is 0 Å². The Kier molecular flexibility index (Phi) is 5.25. The fourth-order valence-electron chi connectivity index (χ4n) is 4.85. The number of carbonyl (C=O) groups excluding carboxylic acids is 1. The molecule has 0 unspecified atom stereocenters. The fraction of sp³-hybridized carbons (Fsp3) is 0.269. The van der Waals surface area contributed by atoms with Gasteiger partial charge in [0.2, 0.25) is 0 Å². The molecule has 3 heteroatoms. The molecular weight excluding hydrogens is 360 g/mol. The maximum atomic E-state index is 13.0. The van der Waals surface area contributed by atoms with E-state index in [1.165, 1.54) is 12.7 Å². The molecule has 0 saturated heterocycles. The first-order valence-corrected chi connectivity index (χ1v) is 10.0. The van der Waals surface area contributed by atoms with Crippen LogP contribution in [0.1, 0.15) is 40.5 Å². The van der Waals surface area contributed by atoms with E-state index in [-0.39, 0.29) is 17.8 Å². The molecule has 4 rings (SSSR count). The lowest BCUT2D eigenvalue weighted by atomic mass is 9.77. The van der Waals surface area contributed by atoms with Crippen LogP contribution >= 0.6 is 0 Å². The predicted octanol–water partition coefficient (Wildman–Crippen LogP) is 4.94. The molecule has 0 heterocycles. The van der Waals surface area contributed by atoms with Crippen LogP contribution in [0.15, 0.2) is 84.9 Å². The minimum absolute atomic E-state index is 0.00712. The van der Waals surface area contributed by atoms with E-state index in [0.29, 0.717) is 6.42 Å². The minimum Gasteiger partial charge on any atom is -0.469 e. The fourth-order valence-corrected chi connectivity index (χ4v) is 4.85. The topological polar surface area (TPSA) is 46.5 Å². The van der Waals surface area contributed by atoms with E-state index in [2.05, 4.69) is 31.2 Å². The van der Waals surface area contributed by atoms with Crippen LogP contribution in [-0.2, 0) is 15.1 Å². The minimum atomic E-state index is -1.30. The molecule has 0 bridgehead atoms. The van der Waals surface area contributed by atoms with Crippen molar-refractivity contribution in [1.82, 2.24) is 0 Å². The number of hydrogen-bond acceptors (Lipinski definition) is 3. The highest BCUT2D eigenvalue weighted by Crippen LogP contribution is 2.58. The van der Waals surface area contributed by atoms with Gasteiger partial charge < -0.3 is 9.84 Å². The Morgan fingerprint density at radius 3 is 2.07 bits per heavy atom. The van der Waals surface area contributed by atoms with E-state index in [9.17, 15) is 9.90 Å². The van der Waals surface area contributed by atoms with E-state index in [1.54, 1.807) is 0 Å². The van der Waals surface area contributed by atoms with Crippen molar-refractivity contribution in [3.05, 3.63) is 107 Å². The zero-order chi connectivity index (χ0) is 20.4. The number of esters is 1. The summed E-state index contributed by atoms with van der Waals surface area (Å²) in [5.41, 5.74) is 2.81. The first-order valence-electron chi connectivity index (χ1n) is 10.0. The Morgan fingerprint density at radius 2 is 1.48 bits per heavy atom. The molecule has 0 aliphatic heterocycles. The van der Waals surface area contributed by atoms with Gasteiger partial charge >= 0.3 is 5.97 Å². The normalized spacial score (nSPS) is 26.2. The average Bonchev–Trinajstić information content (AvgIpc) is 3.09. The smallest absolute Gasteiger partial charge is 0.312 e. The third-order valence-corrected chi connectivity index (χ3v) is 6.26. The van der Waals surface area contributed by atoms with Crippen molar-refractivity contribution >= 4 is 5.97 Å². The maximum absolute atomic E-state index is 13.0. The van der Waals surface area contributed by atoms with Gasteiger partial charge in [-0.1, -0.05) is 90.5 Å². The van der Waals surface area contributed by atoms with Crippen LogP contribution < -0.4 is 0 Å². The summed E-state index contributed by atoms with van der Waals surface area (Å²) in [4.78, 5) is 13.0. The Hall–Kier alpha value is -2.91. The molecule has 1 saturated carbocycles. The van der Waals surface area contributed by atoms with Crippen molar-refractivity contribution in [2.75, 3.05) is 7.11 Å². The third kappa shape index (κ3) is 3.47. The van der Waals surface area contributed by atoms with Crippen LogP contribution in [0.3, 0.4) is 0 Å². The predicted molar refractivity (Wildman–Crippen MR) is 114 cm³/mol. The molecule has 1 fully saturated rings. The summed E-state index contributed by atoms with van der Waals surface area (Å²) in [7, 11) is 1.40. The van der Waals surface area contributed by atoms with Gasteiger partial charge in [-0.2, -0.15) is 0 Å². The second-order valence-electron chi connectivity index (χ2n) is 7.95. The molecule has 0 amide bonds. The van der Waals surface area contributed by atoms with Gasteiger partial charge in [-0.3, -0.25) is 4.79 Å². The van der Waals surface area contributed by atoms with E-state index in [0.717, 1.165) is 16.7 Å². The lowest BCUT2D eigenvalue weighted by Crippen LogP contribution is -2.38. The first-order chi connectivity index (χ1) is 14.0. The van der Waals surface area contributed by atoms with Crippen LogP contribution in [0.5, 0.6) is 0 Å². The molecular formula is C26H26O3. The second-order valence-corrected chi connectivity index (χ2v) is 7.95. The van der Waals surface area contributed by atoms with Gasteiger partial charge in [-0.15, -0.1) is 0 Å². The second kappa shape index (κ2) is 7.84. The van der Waals surface area contributed by atoms with Crippen LogP contribution in [0.25, 0.3) is 0 Å². The van der Waals surface area contributed by atoms with Crippen molar-refractivity contribution in [2.45, 2.75) is 30.8 Å². The molecule has 4 atom stereocenters. The summed E-state index contributed by atoms with van der Waals surface area (Å²) in [5.74, 6) is -1.26. The summed E-state index contributed by atoms with van der Waals surface area (Å²) in [5, 5.41) is 11.9. The van der Waals surface area contributed by atoms with Crippen molar-refractivity contribution in [3.63, 3.8) is 0 Å². The number of aryl methyl sites for hydroxylation is 1. The summed E-state index contributed by atoms with van der Waals surface area (Å²) < 4.78 is 5.21. The summed E-state index contributed by atoms with van der Waals surface area (Å²) in [6.07, 6.45) is 0.458. The molecule has 0 spiro atoms. The Labute approximate surface area is 172 Å². The molecule has 0 aromatic heterocycles. The molecule has 3 aromatic rings. The van der Waals surface area contributed by atoms with Crippen molar-refractivity contribution in [3.8, 4) is 0 Å². The highest BCUT2D eigenvalue weighted by molar-refractivity contribution is 5.77. The summed E-state index contributed by atoms with van der Waals surface area (Å²) in [6, 6.07) is 27.9. The molecule has 29 heavy (non-hydrogen) atoms. The molecule has 1 aliphatic rings. The van der Waals surface area contributed by atoms with E-state index < -0.39 is 11.5 Å². The molecule has 148 valence electrons. The summed E-state index contributed by atoms with van der Waals surface area (Å²) in [6.45, 7) is 2.06. The highest BCUT2D eigenvalue weighted by Gasteiger charge is 2.58. The van der Waals surface area contributed by atoms with Gasteiger partial charge in [0.05, 0.1) is 13.0 Å². The van der Waals surface area contributed by atoms with Gasteiger partial charge in [-0.05, 0) is 36.0 Å². The summed E-state index contributed by atoms with van der Waals surface area (Å²) >= 11 is 0. The maximum Gasteiger partial charge on any atom is 0.312 e. The van der Waals surface area contributed by atoms with Crippen molar-refractivity contribution in [2.24, 2.45) is 5.92 Å². The van der Waals surface area contributed by atoms with Gasteiger partial charge in [0.1, 0.15) is 5.60 Å². The molecule has 0 radical (unpaired) electrons. The molecule has 3 nitrogen and oxygen atoms in total. The first kappa shape index (κ1) is 19.4. The number of hydrogen-bond donors (Lipinski definition) is 1. The standard InChI is InChI=1S/C26H26O3/c1-18-13-15-19(16-14-18)22-17-26(28,21-11-7-4-8-12-21)24(25(27)29-2)23(22)20-9-5-3-6-10-20/h3-16,22-24,28H,17H2,1-2H3/t22-,23-,24-,26-/m1/s1. The number of carbonyl (C=O) groups is 1. The Bertz CT molecular complexity index is 966. The lowest BCUT2D eigenvalue weighted by Gasteiger charge is -2.31. The number of rotatable bonds is 4.